The Morgan fingerprint density at radius 3 is 2.38 bits per heavy atom. The van der Waals surface area contributed by atoms with Crippen molar-refractivity contribution in [2.75, 3.05) is 26.9 Å². The minimum atomic E-state index is -0.842. The van der Waals surface area contributed by atoms with Crippen molar-refractivity contribution < 1.29 is 28.5 Å². The third-order valence-electron chi connectivity index (χ3n) is 7.30. The van der Waals surface area contributed by atoms with Gasteiger partial charge in [-0.05, 0) is 75.2 Å². The monoisotopic (exact) mass is 740 g/mol. The van der Waals surface area contributed by atoms with E-state index >= 15 is 0 Å². The lowest BCUT2D eigenvalue weighted by atomic mass is 9.95. The number of carbonyl (C=O) groups is 1. The molecule has 2 heterocycles. The lowest BCUT2D eigenvalue weighted by Crippen LogP contribution is -2.40. The summed E-state index contributed by atoms with van der Waals surface area (Å²) in [5.74, 6) is 1.52. The van der Waals surface area contributed by atoms with E-state index in [1.54, 1.807) is 38.1 Å². The number of benzene rings is 3. The first-order valence-corrected chi connectivity index (χ1v) is 17.0. The van der Waals surface area contributed by atoms with Gasteiger partial charge in [0.25, 0.3) is 5.56 Å². The van der Waals surface area contributed by atoms with Crippen LogP contribution in [0.1, 0.15) is 50.4 Å². The molecule has 3 aromatic carbocycles. The molecule has 47 heavy (non-hydrogen) atoms. The zero-order chi connectivity index (χ0) is 33.7. The zero-order valence-corrected chi connectivity index (χ0v) is 29.8. The molecule has 0 saturated carbocycles. The van der Waals surface area contributed by atoms with Crippen LogP contribution in [-0.4, -0.2) is 37.5 Å². The Bertz CT molecular complexity index is 2020. The summed E-state index contributed by atoms with van der Waals surface area (Å²) < 4.78 is 31.4. The first kappa shape index (κ1) is 34.3. The molecule has 0 aliphatic carbocycles. The number of hydrogen-bond acceptors (Lipinski definition) is 9. The van der Waals surface area contributed by atoms with Crippen molar-refractivity contribution in [2.24, 2.45) is 4.99 Å². The summed E-state index contributed by atoms with van der Waals surface area (Å²) in [5.41, 5.74) is 2.60. The van der Waals surface area contributed by atoms with Gasteiger partial charge in [-0.3, -0.25) is 9.36 Å². The molecular formula is C35H34BrClN2O7S. The predicted molar refractivity (Wildman–Crippen MR) is 186 cm³/mol. The average Bonchev–Trinajstić information content (AvgIpc) is 3.35. The van der Waals surface area contributed by atoms with Crippen molar-refractivity contribution in [3.05, 3.63) is 112 Å². The molecule has 5 rings (SSSR count). The van der Waals surface area contributed by atoms with Crippen molar-refractivity contribution >= 4 is 50.9 Å². The summed E-state index contributed by atoms with van der Waals surface area (Å²) in [4.78, 5) is 32.7. The molecule has 0 N–H and O–H groups in total. The van der Waals surface area contributed by atoms with Gasteiger partial charge in [0.2, 0.25) is 0 Å². The number of rotatable bonds is 12. The minimum Gasteiger partial charge on any atom is -0.493 e. The van der Waals surface area contributed by atoms with E-state index in [2.05, 4.69) is 20.9 Å². The maximum absolute atomic E-state index is 14.2. The molecule has 0 saturated heterocycles. The first-order valence-electron chi connectivity index (χ1n) is 15.0. The molecule has 4 aromatic rings. The predicted octanol–water partition coefficient (Wildman–Crippen LogP) is 6.60. The summed E-state index contributed by atoms with van der Waals surface area (Å²) in [5, 5.41) is 0.618. The fourth-order valence-corrected chi connectivity index (χ4v) is 6.97. The maximum atomic E-state index is 14.2. The first-order chi connectivity index (χ1) is 22.7. The number of allylic oxidation sites excluding steroid dienone is 1. The van der Waals surface area contributed by atoms with Gasteiger partial charge >= 0.3 is 5.97 Å². The maximum Gasteiger partial charge on any atom is 0.338 e. The van der Waals surface area contributed by atoms with Crippen molar-refractivity contribution in [3.63, 3.8) is 0 Å². The van der Waals surface area contributed by atoms with Gasteiger partial charge in [0.15, 0.2) is 27.8 Å². The number of methoxy groups -OCH3 is 1. The van der Waals surface area contributed by atoms with E-state index in [1.165, 1.54) is 23.0 Å². The largest absolute Gasteiger partial charge is 0.493 e. The molecule has 0 fully saturated rings. The Kier molecular flexibility index (Phi) is 11.1. The molecule has 9 nitrogen and oxygen atoms in total. The van der Waals surface area contributed by atoms with Crippen LogP contribution in [0.3, 0.4) is 0 Å². The lowest BCUT2D eigenvalue weighted by molar-refractivity contribution is -0.139. The molecule has 1 aliphatic rings. The molecule has 0 bridgehead atoms. The van der Waals surface area contributed by atoms with Gasteiger partial charge in [0, 0.05) is 15.1 Å². The van der Waals surface area contributed by atoms with Crippen LogP contribution in [-0.2, 0) is 16.1 Å². The number of ether oxygens (including phenoxy) is 5. The third kappa shape index (κ3) is 7.27. The molecule has 1 aliphatic heterocycles. The average molecular weight is 742 g/mol. The Labute approximate surface area is 289 Å². The quantitative estimate of drug-likeness (QED) is 0.151. The highest BCUT2D eigenvalue weighted by atomic mass is 79.9. The van der Waals surface area contributed by atoms with Gasteiger partial charge in [0.1, 0.15) is 6.61 Å². The minimum absolute atomic E-state index is 0.167. The van der Waals surface area contributed by atoms with E-state index < -0.39 is 12.0 Å². The van der Waals surface area contributed by atoms with Crippen molar-refractivity contribution in [3.8, 4) is 23.0 Å². The summed E-state index contributed by atoms with van der Waals surface area (Å²) in [6, 6.07) is 15.7. The molecular weight excluding hydrogens is 708 g/mol. The van der Waals surface area contributed by atoms with Crippen LogP contribution < -0.4 is 33.8 Å². The Morgan fingerprint density at radius 2 is 1.70 bits per heavy atom. The summed E-state index contributed by atoms with van der Waals surface area (Å²) in [6.07, 6.45) is 1.78. The Balaban J connectivity index is 1.61. The normalized spacial score (nSPS) is 14.4. The van der Waals surface area contributed by atoms with E-state index in [9.17, 15) is 9.59 Å². The molecule has 246 valence electrons. The number of esters is 1. The van der Waals surface area contributed by atoms with E-state index in [-0.39, 0.29) is 24.3 Å². The molecule has 0 radical (unpaired) electrons. The highest BCUT2D eigenvalue weighted by Crippen LogP contribution is 2.41. The van der Waals surface area contributed by atoms with Crippen molar-refractivity contribution in [1.82, 2.24) is 4.57 Å². The van der Waals surface area contributed by atoms with Crippen LogP contribution in [0.4, 0.5) is 0 Å². The van der Waals surface area contributed by atoms with Crippen LogP contribution >= 0.6 is 38.9 Å². The zero-order valence-electron chi connectivity index (χ0n) is 26.6. The standard InChI is InChI=1S/C35H34BrClN2O7S/c1-6-43-28-15-21(13-14-26(28)46-19-22-11-9-10-12-25(22)37)16-30-33(40)39-32(23-17-27(42-5)29(44-7-2)18-24(23)36)31(34(41)45-8-3)20(4)38-35(39)47-30/h9-18,32H,6-8,19H2,1-5H3/b30-16+/t32-/m0/s1. The second-order valence-corrected chi connectivity index (χ2v) is 12.5. The van der Waals surface area contributed by atoms with E-state index in [0.717, 1.165) is 11.1 Å². The highest BCUT2D eigenvalue weighted by molar-refractivity contribution is 9.10. The van der Waals surface area contributed by atoms with Crippen LogP contribution in [0.5, 0.6) is 23.0 Å². The third-order valence-corrected chi connectivity index (χ3v) is 9.34. The second-order valence-electron chi connectivity index (χ2n) is 10.3. The van der Waals surface area contributed by atoms with Crippen LogP contribution in [0.25, 0.3) is 6.08 Å². The molecule has 1 aromatic heterocycles. The van der Waals surface area contributed by atoms with Gasteiger partial charge in [-0.25, -0.2) is 9.79 Å². The van der Waals surface area contributed by atoms with Crippen LogP contribution in [0.2, 0.25) is 5.02 Å². The van der Waals surface area contributed by atoms with Gasteiger partial charge < -0.3 is 23.7 Å². The number of hydrogen-bond donors (Lipinski definition) is 0. The fourth-order valence-electron chi connectivity index (χ4n) is 5.20. The summed E-state index contributed by atoms with van der Waals surface area (Å²) >= 11 is 11.2. The number of thiazole rings is 1. The summed E-state index contributed by atoms with van der Waals surface area (Å²) in [7, 11) is 1.54. The smallest absolute Gasteiger partial charge is 0.338 e. The highest BCUT2D eigenvalue weighted by Gasteiger charge is 2.35. The van der Waals surface area contributed by atoms with E-state index in [4.69, 9.17) is 35.3 Å². The van der Waals surface area contributed by atoms with E-state index in [0.29, 0.717) is 66.3 Å². The van der Waals surface area contributed by atoms with Gasteiger partial charge in [-0.15, -0.1) is 0 Å². The topological polar surface area (TPSA) is 97.6 Å². The molecule has 0 amide bonds. The second kappa shape index (κ2) is 15.2. The summed E-state index contributed by atoms with van der Waals surface area (Å²) in [6.45, 7) is 8.54. The van der Waals surface area contributed by atoms with Gasteiger partial charge in [-0.1, -0.05) is 63.1 Å². The Hall–Kier alpha value is -4.06. The van der Waals surface area contributed by atoms with Crippen molar-refractivity contribution in [1.29, 1.82) is 0 Å². The number of halogens is 2. The lowest BCUT2D eigenvalue weighted by Gasteiger charge is -2.26. The molecule has 12 heteroatoms. The fraction of sp³-hybridized carbons (Fsp3) is 0.286. The molecule has 0 unspecified atom stereocenters. The van der Waals surface area contributed by atoms with Crippen LogP contribution in [0.15, 0.2) is 80.1 Å². The molecule has 0 spiro atoms. The number of nitrogens with zero attached hydrogens (tertiary/aromatic N) is 2. The molecule has 1 atom stereocenters. The van der Waals surface area contributed by atoms with Crippen molar-refractivity contribution in [2.45, 2.75) is 40.3 Å². The number of carbonyl (C=O) groups excluding carboxylic acids is 1. The number of fused-ring (bicyclic) bond motifs is 1. The van der Waals surface area contributed by atoms with E-state index in [1.807, 2.05) is 50.2 Å². The SMILES string of the molecule is CCOC(=O)C1=C(C)N=c2s/c(=C/c3ccc(OCc4ccccc4Cl)c(OCC)c3)c(=O)n2[C@H]1c1cc(OC)c(OCC)cc1Br. The van der Waals surface area contributed by atoms with Crippen LogP contribution in [0, 0.1) is 0 Å². The Morgan fingerprint density at radius 1 is 0.979 bits per heavy atom. The van der Waals surface area contributed by atoms with Gasteiger partial charge in [0.05, 0.1) is 48.8 Å². The van der Waals surface area contributed by atoms with Gasteiger partial charge in [-0.2, -0.15) is 0 Å². The number of aromatic nitrogens is 1.